The summed E-state index contributed by atoms with van der Waals surface area (Å²) in [4.78, 5) is 38.4. The van der Waals surface area contributed by atoms with Crippen molar-refractivity contribution in [1.29, 1.82) is 0 Å². The van der Waals surface area contributed by atoms with E-state index in [0.29, 0.717) is 33.4 Å². The van der Waals surface area contributed by atoms with E-state index < -0.39 is 11.9 Å². The van der Waals surface area contributed by atoms with E-state index in [1.807, 2.05) is 0 Å². The number of hydrogen-bond donors (Lipinski definition) is 0. The van der Waals surface area contributed by atoms with Gasteiger partial charge in [-0.15, -0.1) is 0 Å². The molecular formula is C25H20ClNO6S. The van der Waals surface area contributed by atoms with Crippen LogP contribution in [0.1, 0.15) is 23.0 Å². The molecule has 2 amide bonds. The Morgan fingerprint density at radius 3 is 2.68 bits per heavy atom. The number of imide groups is 1. The number of esters is 1. The average Bonchev–Trinajstić information content (AvgIpc) is 3.40. The summed E-state index contributed by atoms with van der Waals surface area (Å²) >= 11 is 6.70. The fourth-order valence-electron chi connectivity index (χ4n) is 3.21. The van der Waals surface area contributed by atoms with Gasteiger partial charge in [0.2, 0.25) is 0 Å². The fourth-order valence-corrected chi connectivity index (χ4v) is 4.18. The van der Waals surface area contributed by atoms with Gasteiger partial charge in [0.1, 0.15) is 23.9 Å². The summed E-state index contributed by atoms with van der Waals surface area (Å²) in [5.41, 5.74) is 1.11. The lowest BCUT2D eigenvalue weighted by molar-refractivity contribution is -0.123. The molecule has 174 valence electrons. The summed E-state index contributed by atoms with van der Waals surface area (Å²) in [7, 11) is 0. The van der Waals surface area contributed by atoms with E-state index in [0.717, 1.165) is 16.7 Å². The highest BCUT2D eigenvalue weighted by Gasteiger charge is 2.35. The van der Waals surface area contributed by atoms with Crippen LogP contribution in [0.2, 0.25) is 5.02 Å². The molecule has 2 heterocycles. The van der Waals surface area contributed by atoms with Crippen LogP contribution in [0.25, 0.3) is 17.4 Å². The zero-order valence-electron chi connectivity index (χ0n) is 18.2. The summed E-state index contributed by atoms with van der Waals surface area (Å²) in [6.07, 6.45) is 1.53. The largest absolute Gasteiger partial charge is 0.492 e. The first-order valence-electron chi connectivity index (χ1n) is 10.5. The normalized spacial score (nSPS) is 14.6. The molecule has 1 saturated heterocycles. The van der Waals surface area contributed by atoms with Crippen molar-refractivity contribution in [2.45, 2.75) is 6.92 Å². The molecule has 0 unspecified atom stereocenters. The molecule has 7 nitrogen and oxygen atoms in total. The van der Waals surface area contributed by atoms with E-state index >= 15 is 0 Å². The topological polar surface area (TPSA) is 86.0 Å². The highest BCUT2D eigenvalue weighted by molar-refractivity contribution is 8.18. The second kappa shape index (κ2) is 10.6. The van der Waals surface area contributed by atoms with Crippen molar-refractivity contribution in [2.75, 3.05) is 19.8 Å². The van der Waals surface area contributed by atoms with E-state index in [1.54, 1.807) is 67.6 Å². The lowest BCUT2D eigenvalue weighted by atomic mass is 10.1. The smallest absolute Gasteiger partial charge is 0.338 e. The van der Waals surface area contributed by atoms with Gasteiger partial charge in [-0.25, -0.2) is 4.79 Å². The molecule has 0 saturated carbocycles. The molecule has 4 rings (SSSR count). The maximum Gasteiger partial charge on any atom is 0.338 e. The van der Waals surface area contributed by atoms with Crippen LogP contribution in [-0.4, -0.2) is 41.8 Å². The third kappa shape index (κ3) is 5.52. The van der Waals surface area contributed by atoms with Gasteiger partial charge in [0.05, 0.1) is 23.6 Å². The number of carbonyl (C=O) groups excluding carboxylic acids is 3. The van der Waals surface area contributed by atoms with E-state index in [9.17, 15) is 14.4 Å². The van der Waals surface area contributed by atoms with Crippen molar-refractivity contribution < 1.29 is 28.3 Å². The summed E-state index contributed by atoms with van der Waals surface area (Å²) in [5.74, 6) is 0.719. The molecule has 3 aromatic rings. The number of carbonyl (C=O) groups is 3. The van der Waals surface area contributed by atoms with Crippen molar-refractivity contribution in [1.82, 2.24) is 4.90 Å². The van der Waals surface area contributed by atoms with Crippen LogP contribution in [0.5, 0.6) is 5.75 Å². The maximum atomic E-state index is 12.7. The Balaban J connectivity index is 1.41. The van der Waals surface area contributed by atoms with Crippen molar-refractivity contribution in [3.05, 3.63) is 81.9 Å². The molecule has 1 aromatic heterocycles. The first-order chi connectivity index (χ1) is 16.4. The fraction of sp³-hybridized carbons (Fsp3) is 0.160. The first kappa shape index (κ1) is 23.7. The molecule has 1 aliphatic rings. The van der Waals surface area contributed by atoms with Crippen LogP contribution >= 0.6 is 23.4 Å². The van der Waals surface area contributed by atoms with E-state index in [4.69, 9.17) is 25.5 Å². The number of halogens is 1. The molecule has 0 atom stereocenters. The predicted octanol–water partition coefficient (Wildman–Crippen LogP) is 5.89. The minimum absolute atomic E-state index is 0.120. The summed E-state index contributed by atoms with van der Waals surface area (Å²) in [6, 6.07) is 17.1. The standard InChI is InChI=1S/C25H20ClNO6S/c1-2-31-24(29)17-5-3-4-16(14-17)21-11-10-20(33-21)15-22-23(28)27(25(30)34-22)12-13-32-19-8-6-18(26)7-9-19/h3-11,14-15H,2,12-13H2,1H3/b22-15-. The van der Waals surface area contributed by atoms with Crippen LogP contribution < -0.4 is 4.74 Å². The molecule has 1 aliphatic heterocycles. The molecule has 0 radical (unpaired) electrons. The van der Waals surface area contributed by atoms with Crippen molar-refractivity contribution in [2.24, 2.45) is 0 Å². The zero-order chi connectivity index (χ0) is 24.1. The Labute approximate surface area is 205 Å². The average molecular weight is 498 g/mol. The quantitative estimate of drug-likeness (QED) is 0.283. The number of hydrogen-bond acceptors (Lipinski definition) is 7. The number of benzene rings is 2. The molecule has 34 heavy (non-hydrogen) atoms. The Morgan fingerprint density at radius 1 is 1.12 bits per heavy atom. The van der Waals surface area contributed by atoms with Crippen molar-refractivity contribution >= 4 is 46.6 Å². The number of ether oxygens (including phenoxy) is 2. The lowest BCUT2D eigenvalue weighted by Crippen LogP contribution is -2.32. The van der Waals surface area contributed by atoms with Gasteiger partial charge in [0, 0.05) is 16.7 Å². The summed E-state index contributed by atoms with van der Waals surface area (Å²) in [5, 5.41) is 0.223. The Kier molecular flexibility index (Phi) is 7.40. The maximum absolute atomic E-state index is 12.7. The zero-order valence-corrected chi connectivity index (χ0v) is 19.7. The van der Waals surface area contributed by atoms with E-state index in [1.165, 1.54) is 6.08 Å². The second-order valence-electron chi connectivity index (χ2n) is 7.14. The van der Waals surface area contributed by atoms with Gasteiger partial charge in [-0.05, 0) is 67.2 Å². The van der Waals surface area contributed by atoms with Gasteiger partial charge in [0.25, 0.3) is 11.1 Å². The van der Waals surface area contributed by atoms with Crippen molar-refractivity contribution in [3.8, 4) is 17.1 Å². The first-order valence-corrected chi connectivity index (χ1v) is 11.6. The highest BCUT2D eigenvalue weighted by atomic mass is 35.5. The van der Waals surface area contributed by atoms with Crippen LogP contribution in [0.15, 0.2) is 70.0 Å². The van der Waals surface area contributed by atoms with Gasteiger partial charge < -0.3 is 13.9 Å². The number of nitrogens with zero attached hydrogens (tertiary/aromatic N) is 1. The third-order valence-electron chi connectivity index (χ3n) is 4.83. The number of rotatable bonds is 8. The SMILES string of the molecule is CCOC(=O)c1cccc(-c2ccc(/C=C3\SC(=O)N(CCOc4ccc(Cl)cc4)C3=O)o2)c1. The van der Waals surface area contributed by atoms with E-state index in [2.05, 4.69) is 0 Å². The predicted molar refractivity (Wildman–Crippen MR) is 130 cm³/mol. The van der Waals surface area contributed by atoms with Crippen LogP contribution in [-0.2, 0) is 9.53 Å². The molecule has 0 spiro atoms. The van der Waals surface area contributed by atoms with Crippen LogP contribution in [0.4, 0.5) is 4.79 Å². The minimum Gasteiger partial charge on any atom is -0.492 e. The van der Waals surface area contributed by atoms with Gasteiger partial charge in [-0.2, -0.15) is 0 Å². The van der Waals surface area contributed by atoms with Gasteiger partial charge in [-0.1, -0.05) is 23.7 Å². The molecule has 0 bridgehead atoms. The van der Waals surface area contributed by atoms with E-state index in [-0.39, 0.29) is 29.9 Å². The second-order valence-corrected chi connectivity index (χ2v) is 8.57. The molecular weight excluding hydrogens is 478 g/mol. The van der Waals surface area contributed by atoms with Crippen molar-refractivity contribution in [3.63, 3.8) is 0 Å². The molecule has 0 N–H and O–H groups in total. The van der Waals surface area contributed by atoms with Gasteiger partial charge >= 0.3 is 5.97 Å². The number of furan rings is 1. The van der Waals surface area contributed by atoms with Gasteiger partial charge in [0.15, 0.2) is 0 Å². The van der Waals surface area contributed by atoms with Gasteiger partial charge in [-0.3, -0.25) is 14.5 Å². The highest BCUT2D eigenvalue weighted by Crippen LogP contribution is 2.33. The monoisotopic (exact) mass is 497 g/mol. The van der Waals surface area contributed by atoms with Crippen LogP contribution in [0.3, 0.4) is 0 Å². The third-order valence-corrected chi connectivity index (χ3v) is 5.99. The number of amides is 2. The molecule has 2 aromatic carbocycles. The van der Waals surface area contributed by atoms with Crippen LogP contribution in [0, 0.1) is 0 Å². The Hall–Kier alpha value is -3.49. The molecule has 1 fully saturated rings. The minimum atomic E-state index is -0.412. The molecule has 0 aliphatic carbocycles. The molecule has 9 heteroatoms. The summed E-state index contributed by atoms with van der Waals surface area (Å²) in [6.45, 7) is 2.31. The Morgan fingerprint density at radius 2 is 1.91 bits per heavy atom. The number of thioether (sulfide) groups is 1. The Bertz CT molecular complexity index is 1250. The summed E-state index contributed by atoms with van der Waals surface area (Å²) < 4.78 is 16.4. The lowest BCUT2D eigenvalue weighted by Gasteiger charge is -2.13.